The van der Waals surface area contributed by atoms with Crippen molar-refractivity contribution in [3.63, 3.8) is 0 Å². The Kier molecular flexibility index (Phi) is 3.63. The van der Waals surface area contributed by atoms with Gasteiger partial charge in [-0.05, 0) is 36.6 Å². The van der Waals surface area contributed by atoms with Crippen LogP contribution in [0.25, 0.3) is 11.1 Å². The molecule has 0 saturated carbocycles. The molecule has 2 rings (SSSR count). The number of rotatable bonds is 3. The summed E-state index contributed by atoms with van der Waals surface area (Å²) in [5.74, 6) is 0.656. The Morgan fingerprint density at radius 3 is 2.39 bits per heavy atom. The van der Waals surface area contributed by atoms with Crippen LogP contribution < -0.4 is 10.5 Å². The maximum atomic E-state index is 5.85. The molecule has 0 spiro atoms. The second-order valence-corrected chi connectivity index (χ2v) is 4.42. The normalized spacial score (nSPS) is 12.2. The Morgan fingerprint density at radius 1 is 1.17 bits per heavy atom. The molecule has 18 heavy (non-hydrogen) atoms. The maximum absolute atomic E-state index is 5.85. The van der Waals surface area contributed by atoms with Crippen LogP contribution in [-0.2, 0) is 0 Å². The standard InChI is InChI=1S/C15H18N2O/c1-10-8-9-17-15(18-3)14(10)13-6-4-12(5-7-13)11(2)16/h4-9,11H,16H2,1-3H3/t11-/m1/s1. The third-order valence-electron chi connectivity index (χ3n) is 3.04. The van der Waals surface area contributed by atoms with Gasteiger partial charge in [-0.2, -0.15) is 0 Å². The van der Waals surface area contributed by atoms with Crippen LogP contribution in [0.2, 0.25) is 0 Å². The van der Waals surface area contributed by atoms with Crippen molar-refractivity contribution in [3.8, 4) is 17.0 Å². The van der Waals surface area contributed by atoms with E-state index in [4.69, 9.17) is 10.5 Å². The molecule has 1 atom stereocenters. The van der Waals surface area contributed by atoms with Crippen LogP contribution in [0.5, 0.6) is 5.88 Å². The van der Waals surface area contributed by atoms with Gasteiger partial charge in [-0.15, -0.1) is 0 Å². The van der Waals surface area contributed by atoms with E-state index in [1.54, 1.807) is 13.3 Å². The molecule has 0 aliphatic heterocycles. The van der Waals surface area contributed by atoms with Crippen LogP contribution in [0.1, 0.15) is 24.1 Å². The van der Waals surface area contributed by atoms with Gasteiger partial charge in [0.2, 0.25) is 5.88 Å². The number of ether oxygens (including phenoxy) is 1. The molecule has 0 aliphatic rings. The summed E-state index contributed by atoms with van der Waals surface area (Å²) in [5, 5.41) is 0. The van der Waals surface area contributed by atoms with Gasteiger partial charge in [0.15, 0.2) is 0 Å². The summed E-state index contributed by atoms with van der Waals surface area (Å²) in [4.78, 5) is 4.25. The molecular formula is C15H18N2O. The van der Waals surface area contributed by atoms with Gasteiger partial charge in [0, 0.05) is 17.8 Å². The molecule has 0 amide bonds. The number of aromatic nitrogens is 1. The van der Waals surface area contributed by atoms with E-state index in [0.717, 1.165) is 22.3 Å². The summed E-state index contributed by atoms with van der Waals surface area (Å²) in [6.45, 7) is 4.03. The van der Waals surface area contributed by atoms with E-state index in [9.17, 15) is 0 Å². The highest BCUT2D eigenvalue weighted by atomic mass is 16.5. The Bertz CT molecular complexity index is 533. The number of nitrogens with two attached hydrogens (primary N) is 1. The maximum Gasteiger partial charge on any atom is 0.221 e. The minimum Gasteiger partial charge on any atom is -0.481 e. The van der Waals surface area contributed by atoms with Crippen molar-refractivity contribution in [2.24, 2.45) is 5.73 Å². The van der Waals surface area contributed by atoms with Gasteiger partial charge >= 0.3 is 0 Å². The molecular weight excluding hydrogens is 224 g/mol. The average Bonchev–Trinajstić information content (AvgIpc) is 2.38. The number of pyridine rings is 1. The Balaban J connectivity index is 2.48. The molecule has 1 aromatic carbocycles. The van der Waals surface area contributed by atoms with Gasteiger partial charge in [0.05, 0.1) is 7.11 Å². The monoisotopic (exact) mass is 242 g/mol. The highest BCUT2D eigenvalue weighted by molar-refractivity contribution is 5.72. The van der Waals surface area contributed by atoms with Crippen LogP contribution in [-0.4, -0.2) is 12.1 Å². The van der Waals surface area contributed by atoms with Crippen LogP contribution in [0.4, 0.5) is 0 Å². The molecule has 94 valence electrons. The zero-order valence-corrected chi connectivity index (χ0v) is 11.0. The summed E-state index contributed by atoms with van der Waals surface area (Å²) in [7, 11) is 1.64. The minimum atomic E-state index is 0.0518. The lowest BCUT2D eigenvalue weighted by Gasteiger charge is -2.12. The summed E-state index contributed by atoms with van der Waals surface area (Å²) in [6.07, 6.45) is 1.76. The highest BCUT2D eigenvalue weighted by Crippen LogP contribution is 2.31. The number of benzene rings is 1. The van der Waals surface area contributed by atoms with E-state index in [-0.39, 0.29) is 6.04 Å². The molecule has 0 fully saturated rings. The molecule has 2 aromatic rings. The molecule has 0 aliphatic carbocycles. The number of hydrogen-bond donors (Lipinski definition) is 1. The van der Waals surface area contributed by atoms with Gasteiger partial charge < -0.3 is 10.5 Å². The molecule has 2 N–H and O–H groups in total. The quantitative estimate of drug-likeness (QED) is 0.899. The second kappa shape index (κ2) is 5.19. The second-order valence-electron chi connectivity index (χ2n) is 4.42. The molecule has 3 heteroatoms. The van der Waals surface area contributed by atoms with Gasteiger partial charge in [0.25, 0.3) is 0 Å². The fourth-order valence-corrected chi connectivity index (χ4v) is 1.99. The SMILES string of the molecule is COc1nccc(C)c1-c1ccc([C@@H](C)N)cc1. The first-order chi connectivity index (χ1) is 8.63. The average molecular weight is 242 g/mol. The van der Waals surface area contributed by atoms with Crippen molar-refractivity contribution in [2.75, 3.05) is 7.11 Å². The van der Waals surface area contributed by atoms with Gasteiger partial charge in [-0.1, -0.05) is 24.3 Å². The van der Waals surface area contributed by atoms with Gasteiger partial charge in [-0.3, -0.25) is 0 Å². The summed E-state index contributed by atoms with van der Waals surface area (Å²) < 4.78 is 5.32. The Morgan fingerprint density at radius 2 is 1.83 bits per heavy atom. The number of nitrogens with zero attached hydrogens (tertiary/aromatic N) is 1. The van der Waals surface area contributed by atoms with E-state index >= 15 is 0 Å². The summed E-state index contributed by atoms with van der Waals surface area (Å²) >= 11 is 0. The van der Waals surface area contributed by atoms with E-state index in [2.05, 4.69) is 24.0 Å². The third-order valence-corrected chi connectivity index (χ3v) is 3.04. The minimum absolute atomic E-state index is 0.0518. The molecule has 1 heterocycles. The fraction of sp³-hybridized carbons (Fsp3) is 0.267. The van der Waals surface area contributed by atoms with E-state index < -0.39 is 0 Å². The topological polar surface area (TPSA) is 48.1 Å². The smallest absolute Gasteiger partial charge is 0.221 e. The zero-order valence-electron chi connectivity index (χ0n) is 11.0. The Labute approximate surface area is 108 Å². The number of methoxy groups -OCH3 is 1. The molecule has 1 aromatic heterocycles. The number of hydrogen-bond acceptors (Lipinski definition) is 3. The van der Waals surface area contributed by atoms with Gasteiger partial charge in [0.1, 0.15) is 0 Å². The van der Waals surface area contributed by atoms with Gasteiger partial charge in [-0.25, -0.2) is 4.98 Å². The van der Waals surface area contributed by atoms with Crippen molar-refractivity contribution in [3.05, 3.63) is 47.7 Å². The summed E-state index contributed by atoms with van der Waals surface area (Å²) in [5.41, 5.74) is 10.3. The predicted octanol–water partition coefficient (Wildman–Crippen LogP) is 3.09. The zero-order chi connectivity index (χ0) is 13.1. The van der Waals surface area contributed by atoms with E-state index in [1.807, 2.05) is 25.1 Å². The lowest BCUT2D eigenvalue weighted by Crippen LogP contribution is -2.04. The van der Waals surface area contributed by atoms with Crippen LogP contribution in [0.15, 0.2) is 36.5 Å². The lowest BCUT2D eigenvalue weighted by atomic mass is 9.99. The lowest BCUT2D eigenvalue weighted by molar-refractivity contribution is 0.399. The molecule has 0 radical (unpaired) electrons. The molecule has 0 saturated heterocycles. The first-order valence-electron chi connectivity index (χ1n) is 5.99. The summed E-state index contributed by atoms with van der Waals surface area (Å²) in [6, 6.07) is 10.3. The van der Waals surface area contributed by atoms with Crippen LogP contribution in [0.3, 0.4) is 0 Å². The highest BCUT2D eigenvalue weighted by Gasteiger charge is 2.10. The van der Waals surface area contributed by atoms with Crippen molar-refractivity contribution >= 4 is 0 Å². The van der Waals surface area contributed by atoms with Crippen molar-refractivity contribution in [2.45, 2.75) is 19.9 Å². The van der Waals surface area contributed by atoms with Crippen molar-refractivity contribution < 1.29 is 4.74 Å². The first-order valence-corrected chi connectivity index (χ1v) is 5.99. The molecule has 0 bridgehead atoms. The first kappa shape index (κ1) is 12.6. The van der Waals surface area contributed by atoms with E-state index in [0.29, 0.717) is 5.88 Å². The van der Waals surface area contributed by atoms with Crippen LogP contribution in [0, 0.1) is 6.92 Å². The van der Waals surface area contributed by atoms with Crippen molar-refractivity contribution in [1.29, 1.82) is 0 Å². The molecule has 3 nitrogen and oxygen atoms in total. The van der Waals surface area contributed by atoms with Crippen molar-refractivity contribution in [1.82, 2.24) is 4.98 Å². The van der Waals surface area contributed by atoms with Crippen LogP contribution >= 0.6 is 0 Å². The third kappa shape index (κ3) is 2.36. The number of aryl methyl sites for hydroxylation is 1. The molecule has 0 unspecified atom stereocenters. The predicted molar refractivity (Wildman–Crippen MR) is 73.6 cm³/mol. The largest absolute Gasteiger partial charge is 0.481 e. The fourth-order valence-electron chi connectivity index (χ4n) is 1.99. The van der Waals surface area contributed by atoms with E-state index in [1.165, 1.54) is 0 Å². The Hall–Kier alpha value is -1.87.